The molecule has 7 heteroatoms. The molecule has 4 amide bonds. The van der Waals surface area contributed by atoms with E-state index in [9.17, 15) is 14.4 Å². The SMILES string of the molecule is CONC(=O)CN1C(=O)NC2(CCCCC2)C1=O. The zero-order valence-corrected chi connectivity index (χ0v) is 10.3. The lowest BCUT2D eigenvalue weighted by Crippen LogP contribution is -2.48. The summed E-state index contributed by atoms with van der Waals surface area (Å²) in [5.74, 6) is -0.813. The van der Waals surface area contributed by atoms with Crippen LogP contribution in [-0.2, 0) is 14.4 Å². The molecule has 1 aliphatic carbocycles. The van der Waals surface area contributed by atoms with Gasteiger partial charge in [-0.1, -0.05) is 19.3 Å². The average Bonchev–Trinajstić information content (AvgIpc) is 2.55. The number of nitrogens with zero attached hydrogens (tertiary/aromatic N) is 1. The van der Waals surface area contributed by atoms with Crippen molar-refractivity contribution in [1.29, 1.82) is 0 Å². The predicted molar refractivity (Wildman–Crippen MR) is 61.2 cm³/mol. The number of urea groups is 1. The highest BCUT2D eigenvalue weighted by Crippen LogP contribution is 2.33. The first-order valence-electron chi connectivity index (χ1n) is 6.05. The van der Waals surface area contributed by atoms with Gasteiger partial charge in [0.1, 0.15) is 12.1 Å². The third-order valence-corrected chi connectivity index (χ3v) is 3.47. The minimum atomic E-state index is -0.775. The van der Waals surface area contributed by atoms with Crippen LogP contribution in [0.2, 0.25) is 0 Å². The molecule has 0 unspecified atom stereocenters. The van der Waals surface area contributed by atoms with Crippen LogP contribution in [0.3, 0.4) is 0 Å². The molecule has 1 spiro atoms. The van der Waals surface area contributed by atoms with Crippen molar-refractivity contribution in [2.75, 3.05) is 13.7 Å². The lowest BCUT2D eigenvalue weighted by Gasteiger charge is -2.30. The van der Waals surface area contributed by atoms with Crippen LogP contribution in [0.1, 0.15) is 32.1 Å². The second-order valence-electron chi connectivity index (χ2n) is 4.69. The monoisotopic (exact) mass is 255 g/mol. The molecule has 2 N–H and O–H groups in total. The van der Waals surface area contributed by atoms with E-state index >= 15 is 0 Å². The highest BCUT2D eigenvalue weighted by Gasteiger charge is 2.51. The van der Waals surface area contributed by atoms with Crippen LogP contribution in [0.5, 0.6) is 0 Å². The third kappa shape index (κ3) is 2.17. The van der Waals surface area contributed by atoms with Gasteiger partial charge >= 0.3 is 6.03 Å². The van der Waals surface area contributed by atoms with Crippen LogP contribution in [0.15, 0.2) is 0 Å². The van der Waals surface area contributed by atoms with Crippen LogP contribution < -0.4 is 10.8 Å². The molecule has 0 radical (unpaired) electrons. The molecule has 0 atom stereocenters. The molecule has 1 heterocycles. The summed E-state index contributed by atoms with van der Waals surface area (Å²) < 4.78 is 0. The molecule has 2 fully saturated rings. The molecule has 0 aromatic heterocycles. The summed E-state index contributed by atoms with van der Waals surface area (Å²) >= 11 is 0. The Morgan fingerprint density at radius 3 is 2.67 bits per heavy atom. The standard InChI is InChI=1S/C11H17N3O4/c1-18-13-8(15)7-14-9(16)11(12-10(14)17)5-3-2-4-6-11/h2-7H2,1H3,(H,12,17)(H,13,15). The van der Waals surface area contributed by atoms with Crippen molar-refractivity contribution in [1.82, 2.24) is 15.7 Å². The summed E-state index contributed by atoms with van der Waals surface area (Å²) in [7, 11) is 1.30. The van der Waals surface area contributed by atoms with Crippen LogP contribution in [0, 0.1) is 0 Å². The summed E-state index contributed by atoms with van der Waals surface area (Å²) in [5, 5.41) is 2.73. The molecule has 1 saturated heterocycles. The van der Waals surface area contributed by atoms with Gasteiger partial charge < -0.3 is 5.32 Å². The molecule has 100 valence electrons. The van der Waals surface area contributed by atoms with Gasteiger partial charge in [-0.2, -0.15) is 0 Å². The highest BCUT2D eigenvalue weighted by molar-refractivity contribution is 6.09. The van der Waals surface area contributed by atoms with E-state index in [4.69, 9.17) is 0 Å². The van der Waals surface area contributed by atoms with E-state index in [-0.39, 0.29) is 12.5 Å². The van der Waals surface area contributed by atoms with Crippen molar-refractivity contribution in [2.24, 2.45) is 0 Å². The van der Waals surface area contributed by atoms with Gasteiger partial charge in [-0.15, -0.1) is 0 Å². The van der Waals surface area contributed by atoms with Gasteiger partial charge in [0.2, 0.25) is 0 Å². The maximum Gasteiger partial charge on any atom is 0.325 e. The molecular formula is C11H17N3O4. The second-order valence-corrected chi connectivity index (χ2v) is 4.69. The number of rotatable bonds is 3. The van der Waals surface area contributed by atoms with E-state index in [1.54, 1.807) is 0 Å². The smallest absolute Gasteiger partial charge is 0.323 e. The number of imide groups is 1. The predicted octanol–water partition coefficient (Wildman–Crippen LogP) is -0.0813. The van der Waals surface area contributed by atoms with E-state index in [1.165, 1.54) is 7.11 Å². The maximum absolute atomic E-state index is 12.3. The van der Waals surface area contributed by atoms with Crippen molar-refractivity contribution in [2.45, 2.75) is 37.6 Å². The number of hydroxylamine groups is 1. The Hall–Kier alpha value is -1.63. The molecule has 2 rings (SSSR count). The van der Waals surface area contributed by atoms with Crippen LogP contribution in [-0.4, -0.2) is 41.9 Å². The third-order valence-electron chi connectivity index (χ3n) is 3.47. The molecule has 1 saturated carbocycles. The van der Waals surface area contributed by atoms with Gasteiger partial charge in [0, 0.05) is 0 Å². The quantitative estimate of drug-likeness (QED) is 0.545. The van der Waals surface area contributed by atoms with E-state index in [0.29, 0.717) is 12.8 Å². The first-order chi connectivity index (χ1) is 8.59. The molecule has 0 bridgehead atoms. The number of carbonyl (C=O) groups is 3. The summed E-state index contributed by atoms with van der Waals surface area (Å²) in [6.07, 6.45) is 4.23. The van der Waals surface area contributed by atoms with E-state index in [2.05, 4.69) is 15.6 Å². The van der Waals surface area contributed by atoms with Gasteiger partial charge in [-0.25, -0.2) is 10.3 Å². The Morgan fingerprint density at radius 2 is 2.06 bits per heavy atom. The minimum Gasteiger partial charge on any atom is -0.323 e. The van der Waals surface area contributed by atoms with Gasteiger partial charge in [0.25, 0.3) is 11.8 Å². The number of hydrogen-bond donors (Lipinski definition) is 2. The largest absolute Gasteiger partial charge is 0.325 e. The molecule has 0 aromatic carbocycles. The fourth-order valence-corrected chi connectivity index (χ4v) is 2.60. The minimum absolute atomic E-state index is 0.293. The van der Waals surface area contributed by atoms with Gasteiger partial charge in [-0.3, -0.25) is 19.3 Å². The fourth-order valence-electron chi connectivity index (χ4n) is 2.60. The molecular weight excluding hydrogens is 238 g/mol. The van der Waals surface area contributed by atoms with Crippen molar-refractivity contribution >= 4 is 17.8 Å². The molecule has 0 aromatic rings. The maximum atomic E-state index is 12.3. The lowest BCUT2D eigenvalue weighted by atomic mass is 9.82. The molecule has 1 aliphatic heterocycles. The summed E-state index contributed by atoms with van der Waals surface area (Å²) in [5.41, 5.74) is 1.32. The first-order valence-corrected chi connectivity index (χ1v) is 6.05. The average molecular weight is 255 g/mol. The van der Waals surface area contributed by atoms with E-state index in [1.807, 2.05) is 0 Å². The van der Waals surface area contributed by atoms with Gasteiger partial charge in [-0.05, 0) is 12.8 Å². The fraction of sp³-hybridized carbons (Fsp3) is 0.727. The normalized spacial score (nSPS) is 22.2. The Balaban J connectivity index is 2.07. The summed E-state index contributed by atoms with van der Waals surface area (Å²) in [6.45, 7) is -0.305. The zero-order valence-electron chi connectivity index (χ0n) is 10.3. The van der Waals surface area contributed by atoms with E-state index < -0.39 is 17.5 Å². The van der Waals surface area contributed by atoms with Crippen LogP contribution in [0.25, 0.3) is 0 Å². The summed E-state index contributed by atoms with van der Waals surface area (Å²) in [6, 6.07) is -0.492. The van der Waals surface area contributed by atoms with Crippen molar-refractivity contribution in [3.05, 3.63) is 0 Å². The Labute approximate surface area is 105 Å². The van der Waals surface area contributed by atoms with Gasteiger partial charge in [0.05, 0.1) is 7.11 Å². The molecule has 2 aliphatic rings. The Morgan fingerprint density at radius 1 is 1.39 bits per heavy atom. The van der Waals surface area contributed by atoms with Crippen LogP contribution >= 0.6 is 0 Å². The highest BCUT2D eigenvalue weighted by atomic mass is 16.6. The Kier molecular flexibility index (Phi) is 3.51. The summed E-state index contributed by atoms with van der Waals surface area (Å²) in [4.78, 5) is 40.8. The van der Waals surface area contributed by atoms with Crippen LogP contribution in [0.4, 0.5) is 4.79 Å². The van der Waals surface area contributed by atoms with Gasteiger partial charge in [0.15, 0.2) is 0 Å². The van der Waals surface area contributed by atoms with Crippen molar-refractivity contribution in [3.63, 3.8) is 0 Å². The first kappa shape index (κ1) is 12.8. The number of nitrogens with one attached hydrogen (secondary N) is 2. The number of carbonyl (C=O) groups excluding carboxylic acids is 3. The Bertz CT molecular complexity index is 376. The number of hydrogen-bond acceptors (Lipinski definition) is 4. The molecule has 7 nitrogen and oxygen atoms in total. The second kappa shape index (κ2) is 4.93. The van der Waals surface area contributed by atoms with Crippen molar-refractivity contribution < 1.29 is 19.2 Å². The van der Waals surface area contributed by atoms with Crippen molar-refractivity contribution in [3.8, 4) is 0 Å². The topological polar surface area (TPSA) is 87.7 Å². The molecule has 18 heavy (non-hydrogen) atoms. The number of amides is 4. The zero-order chi connectivity index (χ0) is 13.2. The van der Waals surface area contributed by atoms with E-state index in [0.717, 1.165) is 24.2 Å². The lowest BCUT2D eigenvalue weighted by molar-refractivity contribution is -0.139.